The first kappa shape index (κ1) is 13.1. The van der Waals surface area contributed by atoms with E-state index in [0.29, 0.717) is 0 Å². The third-order valence-electron chi connectivity index (χ3n) is 3.79. The van der Waals surface area contributed by atoms with Crippen LogP contribution in [0.5, 0.6) is 0 Å². The van der Waals surface area contributed by atoms with E-state index in [0.717, 1.165) is 26.1 Å². The zero-order valence-electron chi connectivity index (χ0n) is 11.2. The van der Waals surface area contributed by atoms with Gasteiger partial charge in [-0.05, 0) is 35.9 Å². The number of rotatable bonds is 3. The van der Waals surface area contributed by atoms with Crippen molar-refractivity contribution < 1.29 is 4.74 Å². The molecule has 1 aromatic carbocycles. The molecule has 0 saturated carbocycles. The maximum atomic E-state index is 6.35. The standard InChI is InChI=1S/C15H20N2OS/c1-17-6-7-18-14(9-17)13(16)8-11-10-19-15-5-3-2-4-12(11)15/h2-5,10,13-14H,6-9,16H2,1H3. The van der Waals surface area contributed by atoms with Gasteiger partial charge in [-0.15, -0.1) is 11.3 Å². The van der Waals surface area contributed by atoms with Crippen LogP contribution in [-0.4, -0.2) is 43.8 Å². The van der Waals surface area contributed by atoms with Gasteiger partial charge in [0.2, 0.25) is 0 Å². The molecule has 0 aliphatic carbocycles. The van der Waals surface area contributed by atoms with Crippen LogP contribution in [0.2, 0.25) is 0 Å². The Labute approximate surface area is 118 Å². The summed E-state index contributed by atoms with van der Waals surface area (Å²) in [6, 6.07) is 8.60. The van der Waals surface area contributed by atoms with E-state index in [2.05, 4.69) is 41.6 Å². The molecule has 0 radical (unpaired) electrons. The fourth-order valence-electron chi connectivity index (χ4n) is 2.65. The molecule has 2 heterocycles. The van der Waals surface area contributed by atoms with E-state index in [-0.39, 0.29) is 12.1 Å². The molecule has 0 spiro atoms. The predicted molar refractivity (Wildman–Crippen MR) is 80.7 cm³/mol. The number of nitrogens with zero attached hydrogens (tertiary/aromatic N) is 1. The summed E-state index contributed by atoms with van der Waals surface area (Å²) < 4.78 is 7.15. The Morgan fingerprint density at radius 2 is 2.32 bits per heavy atom. The van der Waals surface area contributed by atoms with Crippen LogP contribution in [0.4, 0.5) is 0 Å². The molecule has 1 aliphatic heterocycles. The van der Waals surface area contributed by atoms with Crippen molar-refractivity contribution in [3.63, 3.8) is 0 Å². The Morgan fingerprint density at radius 1 is 1.47 bits per heavy atom. The molecule has 3 rings (SSSR count). The molecular weight excluding hydrogens is 256 g/mol. The molecule has 19 heavy (non-hydrogen) atoms. The van der Waals surface area contributed by atoms with Crippen LogP contribution in [0.3, 0.4) is 0 Å². The second-order valence-corrected chi connectivity index (χ2v) is 6.21. The second kappa shape index (κ2) is 5.59. The van der Waals surface area contributed by atoms with Crippen molar-refractivity contribution in [2.45, 2.75) is 18.6 Å². The van der Waals surface area contributed by atoms with Gasteiger partial charge in [0, 0.05) is 23.8 Å². The van der Waals surface area contributed by atoms with Crippen molar-refractivity contribution in [3.8, 4) is 0 Å². The lowest BCUT2D eigenvalue weighted by atomic mass is 10.0. The van der Waals surface area contributed by atoms with Crippen LogP contribution in [0.15, 0.2) is 29.6 Å². The molecule has 0 bridgehead atoms. The molecule has 2 aromatic rings. The fourth-order valence-corrected chi connectivity index (χ4v) is 3.62. The monoisotopic (exact) mass is 276 g/mol. The lowest BCUT2D eigenvalue weighted by Gasteiger charge is -2.33. The molecule has 3 nitrogen and oxygen atoms in total. The molecule has 0 amide bonds. The van der Waals surface area contributed by atoms with E-state index in [1.54, 1.807) is 11.3 Å². The summed E-state index contributed by atoms with van der Waals surface area (Å²) in [5, 5.41) is 3.57. The maximum absolute atomic E-state index is 6.35. The largest absolute Gasteiger partial charge is 0.374 e. The lowest BCUT2D eigenvalue weighted by Crippen LogP contribution is -2.50. The number of thiophene rings is 1. The van der Waals surface area contributed by atoms with E-state index in [1.807, 2.05) is 0 Å². The zero-order valence-corrected chi connectivity index (χ0v) is 12.0. The summed E-state index contributed by atoms with van der Waals surface area (Å²) in [7, 11) is 2.13. The first-order chi connectivity index (χ1) is 9.24. The Bertz CT molecular complexity index is 554. The van der Waals surface area contributed by atoms with E-state index in [1.165, 1.54) is 15.6 Å². The highest BCUT2D eigenvalue weighted by Gasteiger charge is 2.24. The number of hydrogen-bond acceptors (Lipinski definition) is 4. The molecule has 102 valence electrons. The highest BCUT2D eigenvalue weighted by Crippen LogP contribution is 2.27. The van der Waals surface area contributed by atoms with Crippen LogP contribution in [0.25, 0.3) is 10.1 Å². The molecule has 1 aliphatic rings. The van der Waals surface area contributed by atoms with Gasteiger partial charge in [-0.3, -0.25) is 0 Å². The minimum atomic E-state index is 0.0701. The van der Waals surface area contributed by atoms with Crippen molar-refractivity contribution in [2.75, 3.05) is 26.7 Å². The quantitative estimate of drug-likeness (QED) is 0.933. The summed E-state index contributed by atoms with van der Waals surface area (Å²) >= 11 is 1.80. The minimum absolute atomic E-state index is 0.0701. The summed E-state index contributed by atoms with van der Waals surface area (Å²) in [6.07, 6.45) is 1.04. The molecular formula is C15H20N2OS. The zero-order chi connectivity index (χ0) is 13.2. The highest BCUT2D eigenvalue weighted by atomic mass is 32.1. The molecule has 1 saturated heterocycles. The van der Waals surface area contributed by atoms with Crippen LogP contribution in [0, 0.1) is 0 Å². The first-order valence-electron chi connectivity index (χ1n) is 6.75. The topological polar surface area (TPSA) is 38.5 Å². The Balaban J connectivity index is 1.73. The van der Waals surface area contributed by atoms with Gasteiger partial charge in [0.25, 0.3) is 0 Å². The average molecular weight is 276 g/mol. The van der Waals surface area contributed by atoms with Crippen molar-refractivity contribution in [1.29, 1.82) is 0 Å². The van der Waals surface area contributed by atoms with Gasteiger partial charge in [-0.25, -0.2) is 0 Å². The second-order valence-electron chi connectivity index (χ2n) is 5.30. The Kier molecular flexibility index (Phi) is 3.84. The van der Waals surface area contributed by atoms with Gasteiger partial charge in [-0.2, -0.15) is 0 Å². The average Bonchev–Trinajstić information content (AvgIpc) is 2.82. The van der Waals surface area contributed by atoms with E-state index in [9.17, 15) is 0 Å². The number of ether oxygens (including phenoxy) is 1. The Hall–Kier alpha value is -0.940. The van der Waals surface area contributed by atoms with Crippen molar-refractivity contribution in [1.82, 2.24) is 4.90 Å². The third kappa shape index (κ3) is 2.82. The van der Waals surface area contributed by atoms with Crippen LogP contribution in [-0.2, 0) is 11.2 Å². The van der Waals surface area contributed by atoms with Gasteiger partial charge in [0.1, 0.15) is 0 Å². The molecule has 1 aromatic heterocycles. The van der Waals surface area contributed by atoms with E-state index < -0.39 is 0 Å². The summed E-state index contributed by atoms with van der Waals surface area (Å²) in [4.78, 5) is 2.29. The van der Waals surface area contributed by atoms with Crippen LogP contribution >= 0.6 is 11.3 Å². The molecule has 2 unspecified atom stereocenters. The van der Waals surface area contributed by atoms with Crippen molar-refractivity contribution in [3.05, 3.63) is 35.2 Å². The molecule has 2 atom stereocenters. The number of nitrogens with two attached hydrogens (primary N) is 1. The summed E-state index contributed by atoms with van der Waals surface area (Å²) in [5.74, 6) is 0. The van der Waals surface area contributed by atoms with Crippen molar-refractivity contribution in [2.24, 2.45) is 5.73 Å². The maximum Gasteiger partial charge on any atom is 0.0856 e. The predicted octanol–water partition coefficient (Wildman–Crippen LogP) is 2.10. The number of fused-ring (bicyclic) bond motifs is 1. The van der Waals surface area contributed by atoms with E-state index >= 15 is 0 Å². The number of hydrogen-bond donors (Lipinski definition) is 1. The van der Waals surface area contributed by atoms with Gasteiger partial charge in [0.05, 0.1) is 12.7 Å². The summed E-state index contributed by atoms with van der Waals surface area (Å²) in [5.41, 5.74) is 7.70. The number of benzene rings is 1. The minimum Gasteiger partial charge on any atom is -0.374 e. The molecule has 2 N–H and O–H groups in total. The Morgan fingerprint density at radius 3 is 3.16 bits per heavy atom. The number of morpholine rings is 1. The van der Waals surface area contributed by atoms with Gasteiger partial charge >= 0.3 is 0 Å². The van der Waals surface area contributed by atoms with Crippen molar-refractivity contribution >= 4 is 21.4 Å². The lowest BCUT2D eigenvalue weighted by molar-refractivity contribution is -0.0318. The normalized spacial score (nSPS) is 22.7. The SMILES string of the molecule is CN1CCOC(C(N)Cc2csc3ccccc23)C1. The first-order valence-corrected chi connectivity index (χ1v) is 7.63. The van der Waals surface area contributed by atoms with Gasteiger partial charge in [-0.1, -0.05) is 18.2 Å². The molecule has 4 heteroatoms. The van der Waals surface area contributed by atoms with Gasteiger partial charge in [0.15, 0.2) is 0 Å². The molecule has 1 fully saturated rings. The fraction of sp³-hybridized carbons (Fsp3) is 0.467. The van der Waals surface area contributed by atoms with E-state index in [4.69, 9.17) is 10.5 Å². The number of likely N-dealkylation sites (N-methyl/N-ethyl adjacent to an activating group) is 1. The summed E-state index contributed by atoms with van der Waals surface area (Å²) in [6.45, 7) is 2.73. The van der Waals surface area contributed by atoms with Crippen LogP contribution in [0.1, 0.15) is 5.56 Å². The van der Waals surface area contributed by atoms with Gasteiger partial charge < -0.3 is 15.4 Å². The smallest absolute Gasteiger partial charge is 0.0856 e. The van der Waals surface area contributed by atoms with Crippen LogP contribution < -0.4 is 5.73 Å². The highest BCUT2D eigenvalue weighted by molar-refractivity contribution is 7.17. The third-order valence-corrected chi connectivity index (χ3v) is 4.80.